The van der Waals surface area contributed by atoms with E-state index >= 15 is 0 Å². The smallest absolute Gasteiger partial charge is 0.253 e. The fraction of sp³-hybridized carbons (Fsp3) is 0.391. The molecule has 0 radical (unpaired) electrons. The van der Waals surface area contributed by atoms with Crippen molar-refractivity contribution in [2.24, 2.45) is 5.92 Å². The summed E-state index contributed by atoms with van der Waals surface area (Å²) in [5, 5.41) is 3.04. The van der Waals surface area contributed by atoms with E-state index in [-0.39, 0.29) is 17.7 Å². The first-order chi connectivity index (χ1) is 13.6. The highest BCUT2D eigenvalue weighted by Crippen LogP contribution is 2.19. The number of methoxy groups -OCH3 is 1. The van der Waals surface area contributed by atoms with E-state index in [1.807, 2.05) is 60.4 Å². The summed E-state index contributed by atoms with van der Waals surface area (Å²) in [7, 11) is 1.65. The molecule has 0 aromatic heterocycles. The van der Waals surface area contributed by atoms with Gasteiger partial charge in [0.05, 0.1) is 7.11 Å². The molecule has 5 nitrogen and oxygen atoms in total. The highest BCUT2D eigenvalue weighted by atomic mass is 16.5. The molecule has 2 aromatic carbocycles. The molecule has 1 saturated heterocycles. The molecule has 2 amide bonds. The SMILES string of the molecule is COc1ccc(CCNC(=O)C2CCN(C(=O)c3ccc(C)cc3)CC2)cc1. The number of nitrogens with one attached hydrogen (secondary N) is 1. The van der Waals surface area contributed by atoms with Gasteiger partial charge in [-0.05, 0) is 56.0 Å². The van der Waals surface area contributed by atoms with Gasteiger partial charge >= 0.3 is 0 Å². The van der Waals surface area contributed by atoms with Gasteiger partial charge in [-0.3, -0.25) is 9.59 Å². The molecule has 1 fully saturated rings. The van der Waals surface area contributed by atoms with Crippen LogP contribution in [0.3, 0.4) is 0 Å². The van der Waals surface area contributed by atoms with Crippen molar-refractivity contribution < 1.29 is 14.3 Å². The number of piperidine rings is 1. The molecule has 1 heterocycles. The first-order valence-corrected chi connectivity index (χ1v) is 9.83. The van der Waals surface area contributed by atoms with Crippen LogP contribution < -0.4 is 10.1 Å². The number of aryl methyl sites for hydroxylation is 1. The molecule has 5 heteroatoms. The number of rotatable bonds is 6. The molecule has 2 aromatic rings. The minimum Gasteiger partial charge on any atom is -0.497 e. The van der Waals surface area contributed by atoms with Gasteiger partial charge in [0.1, 0.15) is 5.75 Å². The minimum atomic E-state index is -0.0158. The van der Waals surface area contributed by atoms with Crippen molar-refractivity contribution in [3.63, 3.8) is 0 Å². The van der Waals surface area contributed by atoms with E-state index in [4.69, 9.17) is 4.74 Å². The maximum absolute atomic E-state index is 12.6. The van der Waals surface area contributed by atoms with Gasteiger partial charge < -0.3 is 15.0 Å². The van der Waals surface area contributed by atoms with Gasteiger partial charge in [-0.25, -0.2) is 0 Å². The highest BCUT2D eigenvalue weighted by molar-refractivity contribution is 5.94. The van der Waals surface area contributed by atoms with E-state index in [2.05, 4.69) is 5.32 Å². The molecule has 0 bridgehead atoms. The number of hydrogen-bond acceptors (Lipinski definition) is 3. The lowest BCUT2D eigenvalue weighted by atomic mass is 9.95. The summed E-state index contributed by atoms with van der Waals surface area (Å²) in [5.74, 6) is 0.965. The Bertz CT molecular complexity index is 792. The Balaban J connectivity index is 1.41. The number of carbonyl (C=O) groups excluding carboxylic acids is 2. The normalized spacial score (nSPS) is 14.6. The van der Waals surface area contributed by atoms with Gasteiger partial charge in [-0.2, -0.15) is 0 Å². The van der Waals surface area contributed by atoms with E-state index in [0.717, 1.165) is 17.7 Å². The average molecular weight is 380 g/mol. The van der Waals surface area contributed by atoms with Crippen LogP contribution in [0.25, 0.3) is 0 Å². The largest absolute Gasteiger partial charge is 0.497 e. The van der Waals surface area contributed by atoms with Crippen LogP contribution in [0.1, 0.15) is 34.3 Å². The molecule has 0 spiro atoms. The van der Waals surface area contributed by atoms with Crippen LogP contribution in [-0.4, -0.2) is 43.5 Å². The van der Waals surface area contributed by atoms with Gasteiger partial charge in [0, 0.05) is 31.1 Å². The summed E-state index contributed by atoms with van der Waals surface area (Å²) in [4.78, 5) is 26.9. The zero-order chi connectivity index (χ0) is 19.9. The van der Waals surface area contributed by atoms with Crippen LogP contribution in [0, 0.1) is 12.8 Å². The Kier molecular flexibility index (Phi) is 6.69. The molecule has 28 heavy (non-hydrogen) atoms. The molecule has 0 saturated carbocycles. The van der Waals surface area contributed by atoms with Gasteiger partial charge in [0.15, 0.2) is 0 Å². The third-order valence-corrected chi connectivity index (χ3v) is 5.32. The third kappa shape index (κ3) is 5.12. The standard InChI is InChI=1S/C23H28N2O3/c1-17-3-7-20(8-4-17)23(27)25-15-12-19(13-16-25)22(26)24-14-11-18-5-9-21(28-2)10-6-18/h3-10,19H,11-16H2,1-2H3,(H,24,26). The lowest BCUT2D eigenvalue weighted by Gasteiger charge is -2.31. The molecule has 0 atom stereocenters. The van der Waals surface area contributed by atoms with Crippen LogP contribution in [-0.2, 0) is 11.2 Å². The van der Waals surface area contributed by atoms with Gasteiger partial charge in [0.25, 0.3) is 5.91 Å². The van der Waals surface area contributed by atoms with Crippen molar-refractivity contribution in [3.05, 3.63) is 65.2 Å². The van der Waals surface area contributed by atoms with Crippen LogP contribution in [0.15, 0.2) is 48.5 Å². The average Bonchev–Trinajstić information content (AvgIpc) is 2.74. The summed E-state index contributed by atoms with van der Waals surface area (Å²) in [6.07, 6.45) is 2.22. The molecule has 0 unspecified atom stereocenters. The lowest BCUT2D eigenvalue weighted by Crippen LogP contribution is -2.43. The van der Waals surface area contributed by atoms with Crippen molar-refractivity contribution in [1.82, 2.24) is 10.2 Å². The molecule has 1 aliphatic rings. The maximum Gasteiger partial charge on any atom is 0.253 e. The zero-order valence-corrected chi connectivity index (χ0v) is 16.6. The number of ether oxygens (including phenoxy) is 1. The highest BCUT2D eigenvalue weighted by Gasteiger charge is 2.27. The summed E-state index contributed by atoms with van der Waals surface area (Å²) in [5.41, 5.74) is 3.02. The number of carbonyl (C=O) groups is 2. The van der Waals surface area contributed by atoms with Crippen molar-refractivity contribution in [1.29, 1.82) is 0 Å². The Morgan fingerprint density at radius 1 is 1.04 bits per heavy atom. The van der Waals surface area contributed by atoms with E-state index in [1.165, 1.54) is 5.56 Å². The number of likely N-dealkylation sites (tertiary alicyclic amines) is 1. The fourth-order valence-electron chi connectivity index (χ4n) is 3.49. The van der Waals surface area contributed by atoms with Crippen molar-refractivity contribution >= 4 is 11.8 Å². The topological polar surface area (TPSA) is 58.6 Å². The molecular weight excluding hydrogens is 352 g/mol. The summed E-state index contributed by atoms with van der Waals surface area (Å²) >= 11 is 0. The summed E-state index contributed by atoms with van der Waals surface area (Å²) in [6.45, 7) is 3.88. The van der Waals surface area contributed by atoms with Gasteiger partial charge in [-0.15, -0.1) is 0 Å². The van der Waals surface area contributed by atoms with E-state index in [9.17, 15) is 9.59 Å². The predicted molar refractivity (Wildman–Crippen MR) is 110 cm³/mol. The monoisotopic (exact) mass is 380 g/mol. The molecular formula is C23H28N2O3. The molecule has 0 aliphatic carbocycles. The van der Waals surface area contributed by atoms with Crippen molar-refractivity contribution in [2.75, 3.05) is 26.7 Å². The number of nitrogens with zero attached hydrogens (tertiary/aromatic N) is 1. The molecule has 148 valence electrons. The summed E-state index contributed by atoms with van der Waals surface area (Å²) in [6, 6.07) is 15.5. The lowest BCUT2D eigenvalue weighted by molar-refractivity contribution is -0.126. The Morgan fingerprint density at radius 2 is 1.68 bits per heavy atom. The van der Waals surface area contributed by atoms with Crippen LogP contribution >= 0.6 is 0 Å². The second kappa shape index (κ2) is 9.40. The van der Waals surface area contributed by atoms with Crippen LogP contribution in [0.5, 0.6) is 5.75 Å². The molecule has 1 N–H and O–H groups in total. The molecule has 1 aliphatic heterocycles. The minimum absolute atomic E-state index is 0.0158. The van der Waals surface area contributed by atoms with E-state index < -0.39 is 0 Å². The van der Waals surface area contributed by atoms with Crippen molar-refractivity contribution in [2.45, 2.75) is 26.2 Å². The van der Waals surface area contributed by atoms with Crippen LogP contribution in [0.4, 0.5) is 0 Å². The number of hydrogen-bond donors (Lipinski definition) is 1. The Morgan fingerprint density at radius 3 is 2.29 bits per heavy atom. The second-order valence-electron chi connectivity index (χ2n) is 7.32. The number of amides is 2. The first-order valence-electron chi connectivity index (χ1n) is 9.83. The van der Waals surface area contributed by atoms with Crippen LogP contribution in [0.2, 0.25) is 0 Å². The zero-order valence-electron chi connectivity index (χ0n) is 16.6. The Labute approximate surface area is 166 Å². The Hall–Kier alpha value is -2.82. The fourth-order valence-corrected chi connectivity index (χ4v) is 3.49. The summed E-state index contributed by atoms with van der Waals surface area (Å²) < 4.78 is 5.15. The first kappa shape index (κ1) is 19.9. The van der Waals surface area contributed by atoms with Gasteiger partial charge in [-0.1, -0.05) is 29.8 Å². The molecule has 3 rings (SSSR count). The van der Waals surface area contributed by atoms with E-state index in [0.29, 0.717) is 38.0 Å². The maximum atomic E-state index is 12.6. The quantitative estimate of drug-likeness (QED) is 0.837. The number of benzene rings is 2. The third-order valence-electron chi connectivity index (χ3n) is 5.32. The second-order valence-corrected chi connectivity index (χ2v) is 7.32. The van der Waals surface area contributed by atoms with E-state index in [1.54, 1.807) is 7.11 Å². The van der Waals surface area contributed by atoms with Gasteiger partial charge in [0.2, 0.25) is 5.91 Å². The van der Waals surface area contributed by atoms with Crippen molar-refractivity contribution in [3.8, 4) is 5.75 Å². The predicted octanol–water partition coefficient (Wildman–Crippen LogP) is 3.21.